The summed E-state index contributed by atoms with van der Waals surface area (Å²) in [7, 11) is 0. The van der Waals surface area contributed by atoms with Crippen molar-refractivity contribution in [3.63, 3.8) is 0 Å². The summed E-state index contributed by atoms with van der Waals surface area (Å²) >= 11 is 0. The first kappa shape index (κ1) is 18.7. The van der Waals surface area contributed by atoms with Crippen molar-refractivity contribution in [2.75, 3.05) is 6.73 Å². The van der Waals surface area contributed by atoms with E-state index in [4.69, 9.17) is 13.9 Å². The second-order valence-electron chi connectivity index (χ2n) is 8.00. The number of nitrogens with zero attached hydrogens (tertiary/aromatic N) is 1. The van der Waals surface area contributed by atoms with Crippen LogP contribution in [0.4, 0.5) is 0 Å². The molecule has 0 atom stereocenters. The molecule has 0 spiro atoms. The number of furan rings is 1. The Kier molecular flexibility index (Phi) is 4.48. The second-order valence-corrected chi connectivity index (χ2v) is 8.00. The third-order valence-corrected chi connectivity index (χ3v) is 5.56. The number of hydrogen-bond donors (Lipinski definition) is 0. The van der Waals surface area contributed by atoms with Crippen molar-refractivity contribution in [2.45, 2.75) is 33.9 Å². The average molecular weight is 401 g/mol. The van der Waals surface area contributed by atoms with Crippen LogP contribution in [0.1, 0.15) is 44.1 Å². The van der Waals surface area contributed by atoms with E-state index >= 15 is 0 Å². The first-order valence-corrected chi connectivity index (χ1v) is 10.1. The van der Waals surface area contributed by atoms with Crippen molar-refractivity contribution in [1.82, 2.24) is 4.90 Å². The average Bonchev–Trinajstić information content (AvgIpc) is 3.28. The number of aryl methyl sites for hydroxylation is 2. The van der Waals surface area contributed by atoms with Gasteiger partial charge >= 0.3 is 0 Å². The number of ether oxygens (including phenoxy) is 2. The molecule has 2 aliphatic heterocycles. The highest BCUT2D eigenvalue weighted by atomic mass is 16.5. The summed E-state index contributed by atoms with van der Waals surface area (Å²) in [4.78, 5) is 15.2. The van der Waals surface area contributed by atoms with Gasteiger partial charge in [0.15, 0.2) is 5.76 Å². The summed E-state index contributed by atoms with van der Waals surface area (Å²) < 4.78 is 17.6. The van der Waals surface area contributed by atoms with Crippen LogP contribution in [0.3, 0.4) is 0 Å². The Hall–Kier alpha value is -3.31. The molecule has 0 saturated heterocycles. The molecule has 0 unspecified atom stereocenters. The number of carbonyl (C=O) groups is 1. The normalized spacial score (nSPS) is 16.9. The topological polar surface area (TPSA) is 51.9 Å². The Balaban J connectivity index is 1.41. The fraction of sp³-hybridized carbons (Fsp3) is 0.240. The monoisotopic (exact) mass is 401 g/mol. The molecule has 0 amide bonds. The molecule has 5 rings (SSSR count). The molecule has 0 radical (unpaired) electrons. The lowest BCUT2D eigenvalue weighted by molar-refractivity contribution is 0.0876. The summed E-state index contributed by atoms with van der Waals surface area (Å²) in [6.45, 7) is 7.92. The Morgan fingerprint density at radius 2 is 1.83 bits per heavy atom. The standard InChI is InChI=1S/C25H23NO4/c1-15-4-7-18(8-5-15)12-26-13-19-10-21-23(27)22(11-20-9-6-16(2)29-20)30-25(21)17(3)24(19)28-14-26/h4-11H,12-14H2,1-3H3/b22-11-. The molecule has 2 aromatic carbocycles. The van der Waals surface area contributed by atoms with E-state index in [9.17, 15) is 4.79 Å². The van der Waals surface area contributed by atoms with E-state index in [0.29, 0.717) is 23.8 Å². The van der Waals surface area contributed by atoms with Crippen LogP contribution in [0.15, 0.2) is 52.6 Å². The Morgan fingerprint density at radius 3 is 2.57 bits per heavy atom. The number of allylic oxidation sites excluding steroid dienone is 1. The van der Waals surface area contributed by atoms with Crippen molar-refractivity contribution in [3.05, 3.63) is 87.6 Å². The summed E-state index contributed by atoms with van der Waals surface area (Å²) in [6.07, 6.45) is 1.65. The van der Waals surface area contributed by atoms with Crippen molar-refractivity contribution < 1.29 is 18.7 Å². The zero-order chi connectivity index (χ0) is 20.8. The van der Waals surface area contributed by atoms with Crippen molar-refractivity contribution in [3.8, 4) is 11.5 Å². The molecule has 30 heavy (non-hydrogen) atoms. The van der Waals surface area contributed by atoms with Gasteiger partial charge in [0, 0.05) is 30.3 Å². The molecule has 0 saturated carbocycles. The molecule has 0 N–H and O–H groups in total. The SMILES string of the molecule is Cc1ccc(CN2COc3c(cc4c(c3C)O/C(=C\c3ccc(C)o3)C4=O)C2)cc1. The molecule has 3 aromatic rings. The highest BCUT2D eigenvalue weighted by Gasteiger charge is 2.33. The van der Waals surface area contributed by atoms with E-state index in [2.05, 4.69) is 36.1 Å². The fourth-order valence-electron chi connectivity index (χ4n) is 4.01. The highest BCUT2D eigenvalue weighted by molar-refractivity contribution is 6.15. The van der Waals surface area contributed by atoms with Gasteiger partial charge in [-0.1, -0.05) is 29.8 Å². The molecule has 3 heterocycles. The van der Waals surface area contributed by atoms with Gasteiger partial charge in [-0.25, -0.2) is 0 Å². The van der Waals surface area contributed by atoms with E-state index in [1.807, 2.05) is 32.0 Å². The Labute approximate surface area is 175 Å². The van der Waals surface area contributed by atoms with Crippen LogP contribution < -0.4 is 9.47 Å². The van der Waals surface area contributed by atoms with Gasteiger partial charge in [0.2, 0.25) is 5.78 Å². The molecular formula is C25H23NO4. The molecular weight excluding hydrogens is 378 g/mol. The summed E-state index contributed by atoms with van der Waals surface area (Å²) in [5.41, 5.74) is 4.95. The number of rotatable bonds is 3. The number of benzene rings is 2. The van der Waals surface area contributed by atoms with Crippen LogP contribution >= 0.6 is 0 Å². The van der Waals surface area contributed by atoms with Crippen molar-refractivity contribution >= 4 is 11.9 Å². The van der Waals surface area contributed by atoms with Crippen LogP contribution in [0.5, 0.6) is 11.5 Å². The van der Waals surface area contributed by atoms with Gasteiger partial charge < -0.3 is 13.9 Å². The number of ketones is 1. The summed E-state index contributed by atoms with van der Waals surface area (Å²) in [5.74, 6) is 2.95. The van der Waals surface area contributed by atoms with Gasteiger partial charge in [0.1, 0.15) is 29.8 Å². The first-order chi connectivity index (χ1) is 14.5. The van der Waals surface area contributed by atoms with E-state index in [1.165, 1.54) is 11.1 Å². The third-order valence-electron chi connectivity index (χ3n) is 5.56. The smallest absolute Gasteiger partial charge is 0.232 e. The van der Waals surface area contributed by atoms with Crippen LogP contribution in [-0.4, -0.2) is 17.4 Å². The lowest BCUT2D eigenvalue weighted by Crippen LogP contribution is -2.32. The summed E-state index contributed by atoms with van der Waals surface area (Å²) in [6, 6.07) is 14.1. The van der Waals surface area contributed by atoms with Gasteiger partial charge in [0.05, 0.1) is 5.56 Å². The highest BCUT2D eigenvalue weighted by Crippen LogP contribution is 2.43. The molecule has 5 heteroatoms. The molecule has 0 fully saturated rings. The van der Waals surface area contributed by atoms with Crippen molar-refractivity contribution in [1.29, 1.82) is 0 Å². The molecule has 5 nitrogen and oxygen atoms in total. The predicted molar refractivity (Wildman–Crippen MR) is 113 cm³/mol. The van der Waals surface area contributed by atoms with Crippen LogP contribution in [0.2, 0.25) is 0 Å². The number of fused-ring (bicyclic) bond motifs is 2. The van der Waals surface area contributed by atoms with Crippen LogP contribution in [0.25, 0.3) is 6.08 Å². The lowest BCUT2D eigenvalue weighted by atomic mass is 10.00. The molecule has 2 aliphatic rings. The molecule has 1 aromatic heterocycles. The van der Waals surface area contributed by atoms with E-state index < -0.39 is 0 Å². The minimum absolute atomic E-state index is 0.124. The van der Waals surface area contributed by atoms with E-state index in [0.717, 1.165) is 35.7 Å². The third kappa shape index (κ3) is 3.31. The molecule has 0 bridgehead atoms. The maximum absolute atomic E-state index is 13.0. The van der Waals surface area contributed by atoms with E-state index in [-0.39, 0.29) is 11.5 Å². The minimum Gasteiger partial charge on any atom is -0.477 e. The van der Waals surface area contributed by atoms with Crippen LogP contribution in [0, 0.1) is 20.8 Å². The Bertz CT molecular complexity index is 1170. The molecule has 0 aliphatic carbocycles. The van der Waals surface area contributed by atoms with Crippen molar-refractivity contribution in [2.24, 2.45) is 0 Å². The maximum atomic E-state index is 13.0. The summed E-state index contributed by atoms with van der Waals surface area (Å²) in [5, 5.41) is 0. The van der Waals surface area contributed by atoms with Gasteiger partial charge in [-0.15, -0.1) is 0 Å². The van der Waals surface area contributed by atoms with Gasteiger partial charge in [-0.2, -0.15) is 0 Å². The van der Waals surface area contributed by atoms with Gasteiger partial charge in [-0.3, -0.25) is 9.69 Å². The largest absolute Gasteiger partial charge is 0.477 e. The minimum atomic E-state index is -0.124. The number of carbonyl (C=O) groups excluding carboxylic acids is 1. The maximum Gasteiger partial charge on any atom is 0.232 e. The number of Topliss-reactive ketones (excluding diaryl/α,β-unsaturated/α-hetero) is 1. The number of hydrogen-bond acceptors (Lipinski definition) is 5. The van der Waals surface area contributed by atoms with Crippen LogP contribution in [-0.2, 0) is 13.1 Å². The molecule has 152 valence electrons. The quantitative estimate of drug-likeness (QED) is 0.567. The lowest BCUT2D eigenvalue weighted by Gasteiger charge is -2.30. The van der Waals surface area contributed by atoms with E-state index in [1.54, 1.807) is 6.08 Å². The van der Waals surface area contributed by atoms with Gasteiger partial charge in [-0.05, 0) is 44.5 Å². The zero-order valence-corrected chi connectivity index (χ0v) is 17.3. The first-order valence-electron chi connectivity index (χ1n) is 10.1. The Morgan fingerprint density at radius 1 is 1.03 bits per heavy atom. The van der Waals surface area contributed by atoms with Gasteiger partial charge in [0.25, 0.3) is 0 Å². The fourth-order valence-corrected chi connectivity index (χ4v) is 4.01. The zero-order valence-electron chi connectivity index (χ0n) is 17.3. The predicted octanol–water partition coefficient (Wildman–Crippen LogP) is 5.17. The second kappa shape index (κ2) is 7.18.